The Balaban J connectivity index is 1.21. The standard InChI is InChI=1S/C24H25N3O3S/c28-24(25-14-5-16-27-17-13-20-7-3-4-9-23(20)27)12-15-26-31(29,30)22-11-10-19-6-1-2-8-21(19)18-22/h1-4,6-11,13,17-18,26H,5,12,14-16H2,(H,25,28). The van der Waals surface area contributed by atoms with Crippen LogP contribution in [0.4, 0.5) is 0 Å². The fraction of sp³-hybridized carbons (Fsp3) is 0.208. The molecule has 4 rings (SSSR count). The van der Waals surface area contributed by atoms with Crippen molar-refractivity contribution in [2.45, 2.75) is 24.3 Å². The van der Waals surface area contributed by atoms with Gasteiger partial charge in [0.15, 0.2) is 0 Å². The van der Waals surface area contributed by atoms with Crippen LogP contribution in [-0.4, -0.2) is 32.0 Å². The Kier molecular flexibility index (Phi) is 6.34. The number of aromatic nitrogens is 1. The highest BCUT2D eigenvalue weighted by Gasteiger charge is 2.14. The summed E-state index contributed by atoms with van der Waals surface area (Å²) in [7, 11) is -3.66. The van der Waals surface area contributed by atoms with E-state index in [1.165, 1.54) is 10.9 Å². The highest BCUT2D eigenvalue weighted by molar-refractivity contribution is 7.89. The molecule has 0 aliphatic heterocycles. The van der Waals surface area contributed by atoms with Crippen LogP contribution in [0, 0.1) is 0 Å². The number of amides is 1. The third-order valence-corrected chi connectivity index (χ3v) is 6.71. The Labute approximate surface area is 181 Å². The molecule has 0 spiro atoms. The Bertz CT molecular complexity index is 1310. The molecule has 0 aliphatic rings. The van der Waals surface area contributed by atoms with Crippen LogP contribution >= 0.6 is 0 Å². The molecule has 4 aromatic rings. The van der Waals surface area contributed by atoms with Gasteiger partial charge in [-0.25, -0.2) is 13.1 Å². The van der Waals surface area contributed by atoms with Gasteiger partial charge in [-0.2, -0.15) is 0 Å². The van der Waals surface area contributed by atoms with Crippen molar-refractivity contribution in [2.75, 3.05) is 13.1 Å². The van der Waals surface area contributed by atoms with Crippen LogP contribution in [0.3, 0.4) is 0 Å². The van der Waals surface area contributed by atoms with Crippen molar-refractivity contribution in [3.8, 4) is 0 Å². The maximum atomic E-state index is 12.5. The van der Waals surface area contributed by atoms with E-state index in [0.717, 1.165) is 23.7 Å². The lowest BCUT2D eigenvalue weighted by atomic mass is 10.1. The first-order valence-corrected chi connectivity index (χ1v) is 11.8. The number of sulfonamides is 1. The zero-order chi connectivity index (χ0) is 21.7. The van der Waals surface area contributed by atoms with Crippen molar-refractivity contribution < 1.29 is 13.2 Å². The predicted molar refractivity (Wildman–Crippen MR) is 123 cm³/mol. The lowest BCUT2D eigenvalue weighted by Crippen LogP contribution is -2.31. The highest BCUT2D eigenvalue weighted by Crippen LogP contribution is 2.19. The van der Waals surface area contributed by atoms with Gasteiger partial charge in [-0.15, -0.1) is 0 Å². The molecular formula is C24H25N3O3S. The van der Waals surface area contributed by atoms with Crippen LogP contribution in [0.15, 0.2) is 83.9 Å². The van der Waals surface area contributed by atoms with E-state index in [1.807, 2.05) is 42.6 Å². The van der Waals surface area contributed by atoms with Gasteiger partial charge in [-0.1, -0.05) is 48.5 Å². The smallest absolute Gasteiger partial charge is 0.240 e. The van der Waals surface area contributed by atoms with Gasteiger partial charge < -0.3 is 9.88 Å². The van der Waals surface area contributed by atoms with Crippen LogP contribution in [0.5, 0.6) is 0 Å². The van der Waals surface area contributed by atoms with Gasteiger partial charge in [-0.05, 0) is 46.8 Å². The highest BCUT2D eigenvalue weighted by atomic mass is 32.2. The topological polar surface area (TPSA) is 80.2 Å². The predicted octanol–water partition coefficient (Wildman–Crippen LogP) is 3.67. The average Bonchev–Trinajstić information content (AvgIpc) is 3.19. The van der Waals surface area contributed by atoms with Gasteiger partial charge in [0.2, 0.25) is 15.9 Å². The Morgan fingerprint density at radius 2 is 1.58 bits per heavy atom. The maximum absolute atomic E-state index is 12.5. The Hall–Kier alpha value is -3.16. The number of carbonyl (C=O) groups is 1. The number of hydrogen-bond acceptors (Lipinski definition) is 3. The van der Waals surface area contributed by atoms with Gasteiger partial charge in [0.1, 0.15) is 0 Å². The summed E-state index contributed by atoms with van der Waals surface area (Å²) < 4.78 is 29.7. The molecule has 7 heteroatoms. The molecule has 160 valence electrons. The van der Waals surface area contributed by atoms with Crippen LogP contribution < -0.4 is 10.0 Å². The van der Waals surface area contributed by atoms with Crippen molar-refractivity contribution in [1.82, 2.24) is 14.6 Å². The zero-order valence-electron chi connectivity index (χ0n) is 17.1. The van der Waals surface area contributed by atoms with E-state index in [2.05, 4.69) is 32.8 Å². The van der Waals surface area contributed by atoms with Crippen molar-refractivity contribution in [3.63, 3.8) is 0 Å². The second-order valence-corrected chi connectivity index (χ2v) is 9.20. The molecule has 6 nitrogen and oxygen atoms in total. The number of nitrogens with one attached hydrogen (secondary N) is 2. The molecule has 0 radical (unpaired) electrons. The van der Waals surface area contributed by atoms with E-state index in [4.69, 9.17) is 0 Å². The van der Waals surface area contributed by atoms with Gasteiger partial charge in [-0.3, -0.25) is 4.79 Å². The molecule has 0 unspecified atom stereocenters. The summed E-state index contributed by atoms with van der Waals surface area (Å²) in [6.45, 7) is 1.41. The summed E-state index contributed by atoms with van der Waals surface area (Å²) >= 11 is 0. The van der Waals surface area contributed by atoms with Crippen LogP contribution in [0.2, 0.25) is 0 Å². The number of aryl methyl sites for hydroxylation is 1. The number of nitrogens with zero attached hydrogens (tertiary/aromatic N) is 1. The number of hydrogen-bond donors (Lipinski definition) is 2. The minimum Gasteiger partial charge on any atom is -0.356 e. The fourth-order valence-corrected chi connectivity index (χ4v) is 4.68. The lowest BCUT2D eigenvalue weighted by molar-refractivity contribution is -0.120. The third-order valence-electron chi connectivity index (χ3n) is 5.25. The minimum absolute atomic E-state index is 0.0588. The SMILES string of the molecule is O=C(CCNS(=O)(=O)c1ccc2ccccc2c1)NCCCn1ccc2ccccc21. The number of fused-ring (bicyclic) bond motifs is 2. The van der Waals surface area contributed by atoms with Crippen LogP contribution in [-0.2, 0) is 21.4 Å². The molecule has 1 amide bonds. The van der Waals surface area contributed by atoms with E-state index in [0.29, 0.717) is 6.54 Å². The van der Waals surface area contributed by atoms with Crippen LogP contribution in [0.1, 0.15) is 12.8 Å². The molecule has 1 aromatic heterocycles. The van der Waals surface area contributed by atoms with Gasteiger partial charge in [0, 0.05) is 37.8 Å². The first-order valence-electron chi connectivity index (χ1n) is 10.3. The number of para-hydroxylation sites is 1. The Morgan fingerprint density at radius 3 is 2.42 bits per heavy atom. The monoisotopic (exact) mass is 435 g/mol. The van der Waals surface area contributed by atoms with Crippen molar-refractivity contribution in [1.29, 1.82) is 0 Å². The quantitative estimate of drug-likeness (QED) is 0.394. The molecule has 0 saturated carbocycles. The molecule has 31 heavy (non-hydrogen) atoms. The molecule has 0 aliphatic carbocycles. The minimum atomic E-state index is -3.66. The molecule has 2 N–H and O–H groups in total. The molecule has 1 heterocycles. The number of rotatable bonds is 9. The summed E-state index contributed by atoms with van der Waals surface area (Å²) in [5, 5.41) is 5.90. The summed E-state index contributed by atoms with van der Waals surface area (Å²) in [5.74, 6) is -0.168. The van der Waals surface area contributed by atoms with Gasteiger partial charge in [0.25, 0.3) is 0 Å². The summed E-state index contributed by atoms with van der Waals surface area (Å²) in [4.78, 5) is 12.3. The molecule has 0 bridgehead atoms. The first-order chi connectivity index (χ1) is 15.0. The first kappa shape index (κ1) is 21.1. The van der Waals surface area contributed by atoms with Gasteiger partial charge in [0.05, 0.1) is 4.90 Å². The van der Waals surface area contributed by atoms with Crippen molar-refractivity contribution in [2.24, 2.45) is 0 Å². The molecule has 0 fully saturated rings. The maximum Gasteiger partial charge on any atom is 0.240 e. The van der Waals surface area contributed by atoms with Crippen molar-refractivity contribution >= 4 is 37.6 Å². The second kappa shape index (κ2) is 9.32. The van der Waals surface area contributed by atoms with Gasteiger partial charge >= 0.3 is 0 Å². The normalized spacial score (nSPS) is 11.7. The van der Waals surface area contributed by atoms with Crippen molar-refractivity contribution in [3.05, 3.63) is 79.0 Å². The Morgan fingerprint density at radius 1 is 0.839 bits per heavy atom. The summed E-state index contributed by atoms with van der Waals surface area (Å²) in [5.41, 5.74) is 1.18. The number of carbonyl (C=O) groups excluding carboxylic acids is 1. The molecule has 0 saturated heterocycles. The lowest BCUT2D eigenvalue weighted by Gasteiger charge is -2.09. The van der Waals surface area contributed by atoms with E-state index in [-0.39, 0.29) is 23.8 Å². The molecule has 0 atom stereocenters. The fourth-order valence-electron chi connectivity index (χ4n) is 3.62. The summed E-state index contributed by atoms with van der Waals surface area (Å²) in [6, 6.07) is 22.9. The zero-order valence-corrected chi connectivity index (χ0v) is 17.9. The van der Waals surface area contributed by atoms with E-state index in [9.17, 15) is 13.2 Å². The third kappa shape index (κ3) is 5.13. The molecular weight excluding hydrogens is 410 g/mol. The average molecular weight is 436 g/mol. The van der Waals surface area contributed by atoms with E-state index >= 15 is 0 Å². The largest absolute Gasteiger partial charge is 0.356 e. The number of benzene rings is 3. The van der Waals surface area contributed by atoms with E-state index < -0.39 is 10.0 Å². The molecule has 3 aromatic carbocycles. The second-order valence-electron chi connectivity index (χ2n) is 7.43. The van der Waals surface area contributed by atoms with E-state index in [1.54, 1.807) is 18.2 Å². The summed E-state index contributed by atoms with van der Waals surface area (Å²) in [6.07, 6.45) is 2.94. The van der Waals surface area contributed by atoms with Crippen LogP contribution in [0.25, 0.3) is 21.7 Å².